The normalized spacial score (nSPS) is 13.1. The van der Waals surface area contributed by atoms with Gasteiger partial charge in [-0.25, -0.2) is 4.98 Å². The Bertz CT molecular complexity index is 3120. The number of thiazole rings is 1. The average molecular weight is 721 g/mol. The van der Waals surface area contributed by atoms with Gasteiger partial charge >= 0.3 is 0 Å². The van der Waals surface area contributed by atoms with Crippen molar-refractivity contribution < 1.29 is 0 Å². The van der Waals surface area contributed by atoms with E-state index >= 15 is 0 Å². The van der Waals surface area contributed by atoms with Crippen LogP contribution >= 0.6 is 11.3 Å². The van der Waals surface area contributed by atoms with Gasteiger partial charge in [-0.05, 0) is 97.4 Å². The van der Waals surface area contributed by atoms with Crippen LogP contribution in [0.15, 0.2) is 182 Å². The van der Waals surface area contributed by atoms with Gasteiger partial charge in [-0.15, -0.1) is 11.3 Å². The van der Waals surface area contributed by atoms with Crippen LogP contribution in [0.1, 0.15) is 25.0 Å². The highest BCUT2D eigenvalue weighted by molar-refractivity contribution is 7.22. The second-order valence-corrected chi connectivity index (χ2v) is 16.2. The smallest absolute Gasteiger partial charge is 0.124 e. The third-order valence-electron chi connectivity index (χ3n) is 11.7. The molecule has 0 fully saturated rings. The number of nitrogens with zero attached hydrogens (tertiary/aromatic N) is 2. The molecule has 0 saturated heterocycles. The first-order chi connectivity index (χ1) is 27.0. The summed E-state index contributed by atoms with van der Waals surface area (Å²) in [5.41, 5.74) is 13.3. The van der Waals surface area contributed by atoms with Gasteiger partial charge in [0.1, 0.15) is 5.01 Å². The minimum Gasteiger partial charge on any atom is -0.310 e. The van der Waals surface area contributed by atoms with Gasteiger partial charge in [0.15, 0.2) is 0 Å². The molecule has 0 radical (unpaired) electrons. The molecular formula is C52H36N2S. The quantitative estimate of drug-likeness (QED) is 0.165. The van der Waals surface area contributed by atoms with E-state index in [0.717, 1.165) is 33.1 Å². The molecule has 0 saturated carbocycles. The van der Waals surface area contributed by atoms with E-state index < -0.39 is 0 Å². The van der Waals surface area contributed by atoms with Crippen molar-refractivity contribution in [2.45, 2.75) is 19.3 Å². The van der Waals surface area contributed by atoms with Gasteiger partial charge in [0.05, 0.1) is 10.2 Å². The van der Waals surface area contributed by atoms with Crippen LogP contribution in [0, 0.1) is 0 Å². The molecule has 0 amide bonds. The van der Waals surface area contributed by atoms with Crippen molar-refractivity contribution in [1.29, 1.82) is 0 Å². The molecule has 1 aromatic heterocycles. The van der Waals surface area contributed by atoms with Gasteiger partial charge in [0, 0.05) is 38.8 Å². The number of rotatable bonds is 5. The zero-order valence-electron chi connectivity index (χ0n) is 30.6. The Morgan fingerprint density at radius 1 is 0.436 bits per heavy atom. The van der Waals surface area contributed by atoms with Crippen molar-refractivity contribution in [2.75, 3.05) is 4.90 Å². The molecule has 10 aromatic rings. The number of hydrogen-bond donors (Lipinski definition) is 0. The maximum absolute atomic E-state index is 5.23. The lowest BCUT2D eigenvalue weighted by molar-refractivity contribution is 0.660. The monoisotopic (exact) mass is 720 g/mol. The Kier molecular flexibility index (Phi) is 7.11. The van der Waals surface area contributed by atoms with Gasteiger partial charge in [-0.3, -0.25) is 0 Å². The molecule has 1 heterocycles. The number of benzene rings is 9. The third kappa shape index (κ3) is 5.04. The zero-order chi connectivity index (χ0) is 36.7. The first kappa shape index (κ1) is 31.9. The van der Waals surface area contributed by atoms with Crippen LogP contribution < -0.4 is 4.90 Å². The number of aromatic nitrogens is 1. The molecule has 9 aromatic carbocycles. The second kappa shape index (κ2) is 12.2. The van der Waals surface area contributed by atoms with Crippen molar-refractivity contribution in [3.05, 3.63) is 193 Å². The van der Waals surface area contributed by atoms with Gasteiger partial charge in [-0.1, -0.05) is 153 Å². The molecule has 1 aliphatic rings. The highest BCUT2D eigenvalue weighted by atomic mass is 32.1. The van der Waals surface area contributed by atoms with Gasteiger partial charge in [0.25, 0.3) is 0 Å². The zero-order valence-corrected chi connectivity index (χ0v) is 31.4. The molecule has 2 nitrogen and oxygen atoms in total. The minimum absolute atomic E-state index is 0.0890. The molecule has 1 aliphatic carbocycles. The lowest BCUT2D eigenvalue weighted by atomic mass is 9.82. The van der Waals surface area contributed by atoms with Crippen LogP contribution in [0.2, 0.25) is 0 Å². The Labute approximate surface area is 324 Å². The van der Waals surface area contributed by atoms with E-state index in [0.29, 0.717) is 0 Å². The summed E-state index contributed by atoms with van der Waals surface area (Å²) < 4.78 is 1.24. The topological polar surface area (TPSA) is 16.1 Å². The van der Waals surface area contributed by atoms with E-state index in [2.05, 4.69) is 201 Å². The Hall–Kier alpha value is -6.55. The SMILES string of the molecule is CC1(C)c2ccccc2-c2ccc(N(c3ccc(-c4ccc5c(c4)c4ccccc4c4sc(-c6ccccc6)nc54)cc3)c3ccc4ccccc4c3)cc21. The van der Waals surface area contributed by atoms with Gasteiger partial charge < -0.3 is 4.90 Å². The first-order valence-electron chi connectivity index (χ1n) is 19.0. The van der Waals surface area contributed by atoms with Crippen LogP contribution in [-0.2, 0) is 5.41 Å². The molecule has 0 aliphatic heterocycles. The van der Waals surface area contributed by atoms with E-state index in [-0.39, 0.29) is 5.41 Å². The van der Waals surface area contributed by atoms with Crippen molar-refractivity contribution >= 4 is 70.9 Å². The highest BCUT2D eigenvalue weighted by Crippen LogP contribution is 2.51. The van der Waals surface area contributed by atoms with E-state index in [1.54, 1.807) is 11.3 Å². The Morgan fingerprint density at radius 3 is 1.95 bits per heavy atom. The molecule has 0 spiro atoms. The summed E-state index contributed by atoms with van der Waals surface area (Å²) in [6.45, 7) is 4.70. The molecule has 0 unspecified atom stereocenters. The summed E-state index contributed by atoms with van der Waals surface area (Å²) in [6.07, 6.45) is 0. The summed E-state index contributed by atoms with van der Waals surface area (Å²) in [6, 6.07) is 66.6. The highest BCUT2D eigenvalue weighted by Gasteiger charge is 2.35. The fraction of sp³-hybridized carbons (Fsp3) is 0.0577. The van der Waals surface area contributed by atoms with Gasteiger partial charge in [0.2, 0.25) is 0 Å². The number of fused-ring (bicyclic) bond motifs is 10. The number of anilines is 3. The van der Waals surface area contributed by atoms with Crippen LogP contribution in [0.4, 0.5) is 17.1 Å². The molecule has 55 heavy (non-hydrogen) atoms. The van der Waals surface area contributed by atoms with E-state index in [9.17, 15) is 0 Å². The molecule has 0 bridgehead atoms. The maximum atomic E-state index is 5.23. The molecule has 0 atom stereocenters. The van der Waals surface area contributed by atoms with Crippen LogP contribution in [0.5, 0.6) is 0 Å². The van der Waals surface area contributed by atoms with Crippen molar-refractivity contribution in [2.24, 2.45) is 0 Å². The predicted octanol–water partition coefficient (Wildman–Crippen LogP) is 14.9. The Balaban J connectivity index is 1.03. The van der Waals surface area contributed by atoms with Crippen molar-refractivity contribution in [3.8, 4) is 32.8 Å². The summed E-state index contributed by atoms with van der Waals surface area (Å²) in [5.74, 6) is 0. The molecular weight excluding hydrogens is 685 g/mol. The van der Waals surface area contributed by atoms with Crippen LogP contribution in [0.25, 0.3) is 75.4 Å². The molecule has 260 valence electrons. The summed E-state index contributed by atoms with van der Waals surface area (Å²) in [7, 11) is 0. The van der Waals surface area contributed by atoms with E-state index in [4.69, 9.17) is 4.98 Å². The summed E-state index contributed by atoms with van der Waals surface area (Å²) in [5, 5.41) is 8.46. The van der Waals surface area contributed by atoms with Crippen LogP contribution in [-0.4, -0.2) is 4.98 Å². The average Bonchev–Trinajstić information content (AvgIpc) is 3.79. The van der Waals surface area contributed by atoms with Crippen LogP contribution in [0.3, 0.4) is 0 Å². The first-order valence-corrected chi connectivity index (χ1v) is 19.8. The predicted molar refractivity (Wildman–Crippen MR) is 235 cm³/mol. The third-order valence-corrected chi connectivity index (χ3v) is 12.8. The van der Waals surface area contributed by atoms with E-state index in [1.165, 1.54) is 70.4 Å². The lowest BCUT2D eigenvalue weighted by Gasteiger charge is -2.28. The molecule has 0 N–H and O–H groups in total. The molecule has 3 heteroatoms. The number of hydrogen-bond acceptors (Lipinski definition) is 3. The minimum atomic E-state index is -0.0890. The standard InChI is InChI=1S/C52H36N2S/c1-52(2)47-19-11-10-17-42(47)43-29-27-40(32-48(43)52)54(39-26-22-33-12-6-7-15-36(33)30-39)38-24-20-34(21-25-38)37-23-28-44-46(31-37)41-16-8-9-18-45(41)50-49(44)53-51(55-50)35-13-4-3-5-14-35/h3-32H,1-2H3. The fourth-order valence-corrected chi connectivity index (χ4v) is 9.98. The van der Waals surface area contributed by atoms with Crippen molar-refractivity contribution in [3.63, 3.8) is 0 Å². The second-order valence-electron chi connectivity index (χ2n) is 15.2. The van der Waals surface area contributed by atoms with Gasteiger partial charge in [-0.2, -0.15) is 0 Å². The lowest BCUT2D eigenvalue weighted by Crippen LogP contribution is -2.16. The van der Waals surface area contributed by atoms with Crippen molar-refractivity contribution in [1.82, 2.24) is 4.98 Å². The largest absolute Gasteiger partial charge is 0.310 e. The molecule has 11 rings (SSSR count). The maximum Gasteiger partial charge on any atom is 0.124 e. The summed E-state index contributed by atoms with van der Waals surface area (Å²) >= 11 is 1.78. The summed E-state index contributed by atoms with van der Waals surface area (Å²) in [4.78, 5) is 7.64. The van der Waals surface area contributed by atoms with E-state index in [1.807, 2.05) is 0 Å². The Morgan fingerprint density at radius 2 is 1.09 bits per heavy atom. The fourth-order valence-electron chi connectivity index (χ4n) is 8.86.